The number of nitrogens with zero attached hydrogens (tertiary/aromatic N) is 2. The summed E-state index contributed by atoms with van der Waals surface area (Å²) in [5, 5.41) is 17.7. The van der Waals surface area contributed by atoms with E-state index in [0.717, 1.165) is 11.1 Å². The highest BCUT2D eigenvalue weighted by atomic mass is 35.5. The Morgan fingerprint density at radius 1 is 1.13 bits per heavy atom. The number of carboxylic acids is 1. The lowest BCUT2D eigenvalue weighted by Gasteiger charge is -2.14. The van der Waals surface area contributed by atoms with Gasteiger partial charge in [0.15, 0.2) is 0 Å². The molecule has 2 aromatic carbocycles. The van der Waals surface area contributed by atoms with Gasteiger partial charge in [-0.3, -0.25) is 4.79 Å². The van der Waals surface area contributed by atoms with Gasteiger partial charge in [0.25, 0.3) is 5.96 Å². The fraction of sp³-hybridized carbons (Fsp3) is 0.222. The molecule has 11 nitrogen and oxygen atoms in total. The first-order valence-electron chi connectivity index (χ1n) is 8.92. The molecule has 13 heteroatoms. The van der Waals surface area contributed by atoms with E-state index < -0.39 is 27.1 Å². The number of benzene rings is 2. The lowest BCUT2D eigenvalue weighted by Crippen LogP contribution is -2.41. The summed E-state index contributed by atoms with van der Waals surface area (Å²) in [6.45, 7) is 0.00791. The Kier molecular flexibility index (Phi) is 8.30. The number of nitrogens with two attached hydrogens (primary N) is 1. The van der Waals surface area contributed by atoms with Crippen molar-refractivity contribution in [2.24, 2.45) is 10.7 Å². The normalized spacial score (nSPS) is 12.9. The van der Waals surface area contributed by atoms with Crippen molar-refractivity contribution in [2.75, 3.05) is 6.54 Å². The van der Waals surface area contributed by atoms with Gasteiger partial charge in [-0.05, 0) is 53.7 Å². The standard InChI is InChI=1S/C18H20ClN5O6S/c19-14-7-3-12(4-8-14)13-5-9-15(10-6-13)31(29,30)23-16(17(25)26)2-1-11-21-18(20)22-24(27)28/h3-10,16,23H,1-2,11H2,(H4-,20,21,22,25,26,27,28)/p+1/t16-/m1/s1. The Balaban J connectivity index is 2.03. The SMILES string of the molecule is NC(=NCCC[C@@H](NS(=O)(=O)c1ccc(-c2ccc(Cl)cc2)cc1)C(=O)O)N[N+](=O)O. The number of guanidine groups is 1. The topological polar surface area (TPSA) is 174 Å². The van der Waals surface area contributed by atoms with E-state index in [1.807, 2.05) is 0 Å². The van der Waals surface area contributed by atoms with Gasteiger partial charge in [-0.25, -0.2) is 18.6 Å². The third-order valence-electron chi connectivity index (χ3n) is 4.08. The van der Waals surface area contributed by atoms with Crippen LogP contribution in [0.15, 0.2) is 58.4 Å². The zero-order chi connectivity index (χ0) is 23.0. The van der Waals surface area contributed by atoms with Crippen molar-refractivity contribution in [3.05, 3.63) is 58.5 Å². The van der Waals surface area contributed by atoms with Crippen molar-refractivity contribution < 1.29 is 28.6 Å². The van der Waals surface area contributed by atoms with Crippen LogP contribution in [-0.2, 0) is 14.8 Å². The molecule has 0 unspecified atom stereocenters. The van der Waals surface area contributed by atoms with Crippen LogP contribution in [0.5, 0.6) is 0 Å². The fourth-order valence-electron chi connectivity index (χ4n) is 2.59. The molecule has 1 atom stereocenters. The average Bonchev–Trinajstić information content (AvgIpc) is 2.70. The van der Waals surface area contributed by atoms with Crippen LogP contribution in [-0.4, -0.2) is 48.3 Å². The quantitative estimate of drug-likeness (QED) is 0.150. The first-order chi connectivity index (χ1) is 14.6. The molecule has 0 spiro atoms. The molecule has 2 aromatic rings. The Bertz CT molecular complexity index is 1060. The van der Waals surface area contributed by atoms with E-state index in [-0.39, 0.29) is 30.2 Å². The van der Waals surface area contributed by atoms with Crippen LogP contribution < -0.4 is 15.9 Å². The molecule has 2 rings (SSSR count). The molecule has 0 amide bonds. The number of aliphatic carboxylic acids is 1. The van der Waals surface area contributed by atoms with Gasteiger partial charge in [0, 0.05) is 11.6 Å². The lowest BCUT2D eigenvalue weighted by molar-refractivity contribution is -0.822. The van der Waals surface area contributed by atoms with E-state index >= 15 is 0 Å². The largest absolute Gasteiger partial charge is 0.480 e. The summed E-state index contributed by atoms with van der Waals surface area (Å²) < 4.78 is 27.3. The summed E-state index contributed by atoms with van der Waals surface area (Å²) in [4.78, 5) is 25.4. The summed E-state index contributed by atoms with van der Waals surface area (Å²) >= 11 is 5.86. The molecular weight excluding hydrogens is 450 g/mol. The van der Waals surface area contributed by atoms with E-state index in [1.54, 1.807) is 41.8 Å². The number of hydrazine groups is 1. The molecule has 166 valence electrons. The van der Waals surface area contributed by atoms with Crippen LogP contribution in [0.25, 0.3) is 11.1 Å². The van der Waals surface area contributed by atoms with Crippen LogP contribution in [0.4, 0.5) is 0 Å². The Labute approximate surface area is 183 Å². The summed E-state index contributed by atoms with van der Waals surface area (Å²) in [5.74, 6) is -1.72. The average molecular weight is 471 g/mol. The molecule has 0 aliphatic rings. The summed E-state index contributed by atoms with van der Waals surface area (Å²) in [7, 11) is -4.09. The van der Waals surface area contributed by atoms with Crippen molar-refractivity contribution >= 4 is 33.6 Å². The lowest BCUT2D eigenvalue weighted by atomic mass is 10.1. The van der Waals surface area contributed by atoms with Gasteiger partial charge in [-0.15, -0.1) is 0 Å². The highest BCUT2D eigenvalue weighted by molar-refractivity contribution is 7.89. The number of hydrogen-bond donors (Lipinski definition) is 5. The van der Waals surface area contributed by atoms with Gasteiger partial charge in [-0.1, -0.05) is 35.9 Å². The Morgan fingerprint density at radius 3 is 2.19 bits per heavy atom. The van der Waals surface area contributed by atoms with Crippen molar-refractivity contribution in [3.8, 4) is 11.1 Å². The molecule has 0 aromatic heterocycles. The second-order valence-corrected chi connectivity index (χ2v) is 8.49. The molecule has 0 saturated carbocycles. The first kappa shape index (κ1) is 24.1. The van der Waals surface area contributed by atoms with E-state index in [9.17, 15) is 23.2 Å². The predicted molar refractivity (Wildman–Crippen MR) is 113 cm³/mol. The van der Waals surface area contributed by atoms with Gasteiger partial charge in [0.1, 0.15) is 10.9 Å². The summed E-state index contributed by atoms with van der Waals surface area (Å²) in [6, 6.07) is 11.6. The third kappa shape index (κ3) is 7.51. The van der Waals surface area contributed by atoms with E-state index in [0.29, 0.717) is 5.02 Å². The highest BCUT2D eigenvalue weighted by Crippen LogP contribution is 2.23. The van der Waals surface area contributed by atoms with Crippen LogP contribution in [0.1, 0.15) is 12.8 Å². The smallest absolute Gasteiger partial charge is 0.362 e. The molecule has 0 heterocycles. The molecule has 0 bridgehead atoms. The summed E-state index contributed by atoms with van der Waals surface area (Å²) in [6.07, 6.45) is 0.0794. The molecule has 6 N–H and O–H groups in total. The van der Waals surface area contributed by atoms with Crippen LogP contribution in [0.3, 0.4) is 0 Å². The van der Waals surface area contributed by atoms with E-state index in [4.69, 9.17) is 22.5 Å². The highest BCUT2D eigenvalue weighted by Gasteiger charge is 2.25. The molecule has 31 heavy (non-hydrogen) atoms. The van der Waals surface area contributed by atoms with E-state index in [1.165, 1.54) is 12.1 Å². The minimum atomic E-state index is -4.09. The monoisotopic (exact) mass is 470 g/mol. The molecule has 0 saturated heterocycles. The third-order valence-corrected chi connectivity index (χ3v) is 5.82. The number of carboxylic acid groups (broad SMARTS) is 1. The molecule has 0 fully saturated rings. The minimum Gasteiger partial charge on any atom is -0.480 e. The maximum atomic E-state index is 12.6. The van der Waals surface area contributed by atoms with Crippen LogP contribution in [0, 0.1) is 4.91 Å². The van der Waals surface area contributed by atoms with Crippen molar-refractivity contribution in [1.29, 1.82) is 0 Å². The van der Waals surface area contributed by atoms with Crippen molar-refractivity contribution in [2.45, 2.75) is 23.8 Å². The van der Waals surface area contributed by atoms with Gasteiger partial charge in [0.2, 0.25) is 10.0 Å². The molecular formula is C18H21ClN5O6S+. The molecule has 0 aliphatic heterocycles. The maximum Gasteiger partial charge on any atom is 0.362 e. The van der Waals surface area contributed by atoms with Crippen LogP contribution in [0.2, 0.25) is 5.02 Å². The number of hydrogen-bond acceptors (Lipinski definition) is 5. The van der Waals surface area contributed by atoms with Crippen molar-refractivity contribution in [1.82, 2.24) is 10.1 Å². The zero-order valence-corrected chi connectivity index (χ0v) is 17.7. The number of carbonyl (C=O) groups is 1. The van der Waals surface area contributed by atoms with Gasteiger partial charge in [-0.2, -0.15) is 4.72 Å². The Morgan fingerprint density at radius 2 is 1.68 bits per heavy atom. The minimum absolute atomic E-state index is 0.00791. The van der Waals surface area contributed by atoms with Gasteiger partial charge in [0.05, 0.1) is 4.90 Å². The number of sulfonamides is 1. The zero-order valence-electron chi connectivity index (χ0n) is 16.1. The first-order valence-corrected chi connectivity index (χ1v) is 10.8. The second-order valence-electron chi connectivity index (χ2n) is 6.34. The molecule has 0 radical (unpaired) electrons. The van der Waals surface area contributed by atoms with Gasteiger partial charge >= 0.3 is 11.0 Å². The molecule has 0 aliphatic carbocycles. The Hall–Kier alpha value is -3.22. The summed E-state index contributed by atoms with van der Waals surface area (Å²) in [5.41, 5.74) is 8.67. The van der Waals surface area contributed by atoms with Crippen LogP contribution >= 0.6 is 11.6 Å². The second kappa shape index (κ2) is 10.7. The van der Waals surface area contributed by atoms with E-state index in [2.05, 4.69) is 9.71 Å². The number of nitrogens with one attached hydrogen (secondary N) is 2. The fourth-order valence-corrected chi connectivity index (χ4v) is 3.93. The maximum absolute atomic E-state index is 12.6. The van der Waals surface area contributed by atoms with Crippen molar-refractivity contribution in [3.63, 3.8) is 0 Å². The number of halogens is 1. The predicted octanol–water partition coefficient (Wildman–Crippen LogP) is 1.51. The number of rotatable bonds is 10. The number of aliphatic imine (C=N–C) groups is 1. The van der Waals surface area contributed by atoms with Gasteiger partial charge < -0.3 is 10.8 Å².